The maximum Gasteiger partial charge on any atom is 0.289 e. The Labute approximate surface area is 162 Å². The Hall–Kier alpha value is -1.26. The monoisotopic (exact) mass is 457 g/mol. The second kappa shape index (κ2) is 4.96. The highest BCUT2D eigenvalue weighted by Crippen LogP contribution is 2.68. The molecule has 7 nitrogen and oxygen atoms in total. The van der Waals surface area contributed by atoms with Gasteiger partial charge in [0.1, 0.15) is 9.75 Å². The predicted molar refractivity (Wildman–Crippen MR) is 97.8 cm³/mol. The fraction of sp³-hybridized carbons (Fsp3) is 0.562. The molecule has 4 fully saturated rings. The van der Waals surface area contributed by atoms with Crippen LogP contribution in [0, 0.1) is 0 Å². The Morgan fingerprint density at radius 3 is 2.50 bits per heavy atom. The second-order valence-electron chi connectivity index (χ2n) is 7.81. The van der Waals surface area contributed by atoms with Crippen molar-refractivity contribution in [2.24, 2.45) is 0 Å². The maximum absolute atomic E-state index is 12.5. The SMILES string of the molecule is CS(=O)(=O)C1(c2ncc(C(=O)NC34CC(c5ncc(Br)s5)(C3)C4)o2)CC1. The molecule has 0 saturated heterocycles. The van der Waals surface area contributed by atoms with Crippen LogP contribution in [0.2, 0.25) is 0 Å². The van der Waals surface area contributed by atoms with Gasteiger partial charge in [-0.15, -0.1) is 11.3 Å². The van der Waals surface area contributed by atoms with Crippen LogP contribution in [-0.4, -0.2) is 36.1 Å². The molecule has 0 aromatic carbocycles. The molecule has 2 heterocycles. The van der Waals surface area contributed by atoms with E-state index in [2.05, 4.69) is 31.2 Å². The van der Waals surface area contributed by atoms with Crippen molar-refractivity contribution < 1.29 is 17.6 Å². The van der Waals surface area contributed by atoms with Crippen LogP contribution < -0.4 is 5.32 Å². The summed E-state index contributed by atoms with van der Waals surface area (Å²) in [6.07, 6.45) is 7.93. The first-order valence-corrected chi connectivity index (χ1v) is 11.8. The lowest BCUT2D eigenvalue weighted by atomic mass is 9.39. The molecule has 0 atom stereocenters. The summed E-state index contributed by atoms with van der Waals surface area (Å²) >= 11 is 5.09. The fourth-order valence-corrected chi connectivity index (χ4v) is 7.04. The van der Waals surface area contributed by atoms with E-state index < -0.39 is 14.6 Å². The molecular formula is C16H16BrN3O4S2. The molecule has 0 aliphatic heterocycles. The molecule has 26 heavy (non-hydrogen) atoms. The minimum atomic E-state index is -3.31. The lowest BCUT2D eigenvalue weighted by Crippen LogP contribution is -2.76. The summed E-state index contributed by atoms with van der Waals surface area (Å²) < 4.78 is 29.4. The van der Waals surface area contributed by atoms with Crippen LogP contribution in [0.3, 0.4) is 0 Å². The van der Waals surface area contributed by atoms with Gasteiger partial charge in [-0.05, 0) is 48.0 Å². The fourth-order valence-electron chi connectivity index (χ4n) is 4.40. The van der Waals surface area contributed by atoms with Crippen molar-refractivity contribution in [3.63, 3.8) is 0 Å². The first-order chi connectivity index (χ1) is 12.2. The summed E-state index contributed by atoms with van der Waals surface area (Å²) in [7, 11) is -3.31. The van der Waals surface area contributed by atoms with Crippen molar-refractivity contribution >= 4 is 43.0 Å². The van der Waals surface area contributed by atoms with Gasteiger partial charge in [0, 0.05) is 17.2 Å². The van der Waals surface area contributed by atoms with Gasteiger partial charge in [0.25, 0.3) is 5.91 Å². The smallest absolute Gasteiger partial charge is 0.289 e. The van der Waals surface area contributed by atoms with E-state index in [-0.39, 0.29) is 28.5 Å². The van der Waals surface area contributed by atoms with E-state index in [4.69, 9.17) is 4.42 Å². The van der Waals surface area contributed by atoms with Gasteiger partial charge in [0.05, 0.1) is 16.2 Å². The first kappa shape index (κ1) is 16.9. The van der Waals surface area contributed by atoms with Gasteiger partial charge in [-0.25, -0.2) is 18.4 Å². The molecule has 4 saturated carbocycles. The van der Waals surface area contributed by atoms with Gasteiger partial charge in [-0.3, -0.25) is 4.79 Å². The first-order valence-electron chi connectivity index (χ1n) is 8.27. The Bertz CT molecular complexity index is 1020. The summed E-state index contributed by atoms with van der Waals surface area (Å²) in [6, 6.07) is 0. The Kier molecular flexibility index (Phi) is 3.22. The van der Waals surface area contributed by atoms with Gasteiger partial charge in [-0.1, -0.05) is 0 Å². The molecule has 10 heteroatoms. The van der Waals surface area contributed by atoms with E-state index in [0.29, 0.717) is 12.8 Å². The van der Waals surface area contributed by atoms with Crippen LogP contribution in [0.1, 0.15) is 53.6 Å². The van der Waals surface area contributed by atoms with Crippen LogP contribution in [-0.2, 0) is 20.0 Å². The zero-order valence-electron chi connectivity index (χ0n) is 13.9. The van der Waals surface area contributed by atoms with Gasteiger partial charge in [-0.2, -0.15) is 0 Å². The number of halogens is 1. The Balaban J connectivity index is 1.28. The largest absolute Gasteiger partial charge is 0.434 e. The zero-order chi connectivity index (χ0) is 18.4. The maximum atomic E-state index is 12.5. The van der Waals surface area contributed by atoms with E-state index >= 15 is 0 Å². The predicted octanol–water partition coefficient (Wildman–Crippen LogP) is 2.53. The van der Waals surface area contributed by atoms with Gasteiger partial charge < -0.3 is 9.73 Å². The second-order valence-corrected chi connectivity index (χ2v) is 12.5. The minimum Gasteiger partial charge on any atom is -0.434 e. The van der Waals surface area contributed by atoms with E-state index in [1.54, 1.807) is 11.3 Å². The molecular weight excluding hydrogens is 442 g/mol. The third kappa shape index (κ3) is 2.21. The molecule has 2 aromatic rings. The summed E-state index contributed by atoms with van der Waals surface area (Å²) in [5.74, 6) is -0.126. The number of thiazole rings is 1. The van der Waals surface area contributed by atoms with Crippen molar-refractivity contribution in [1.29, 1.82) is 0 Å². The Morgan fingerprint density at radius 1 is 1.27 bits per heavy atom. The van der Waals surface area contributed by atoms with Crippen molar-refractivity contribution in [2.45, 2.75) is 47.8 Å². The minimum absolute atomic E-state index is 0.0747. The summed E-state index contributed by atoms with van der Waals surface area (Å²) in [5, 5.41) is 4.16. The molecule has 0 radical (unpaired) electrons. The standard InChI is InChI=1S/C16H16BrN3O4S2/c1-26(22,23)16(2-3-16)12-18-4-9(24-12)11(21)20-15-6-14(7-15,8-15)13-19-5-10(17)25-13/h4-5H,2-3,6-8H2,1H3,(H,20,21). The number of nitrogens with zero attached hydrogens (tertiary/aromatic N) is 2. The summed E-state index contributed by atoms with van der Waals surface area (Å²) in [4.78, 5) is 21.0. The highest BCUT2D eigenvalue weighted by atomic mass is 79.9. The van der Waals surface area contributed by atoms with Crippen LogP contribution in [0.15, 0.2) is 20.6 Å². The number of hydrogen-bond donors (Lipinski definition) is 1. The summed E-state index contributed by atoms with van der Waals surface area (Å²) in [5.41, 5.74) is -0.0960. The number of carbonyl (C=O) groups excluding carboxylic acids is 1. The van der Waals surface area contributed by atoms with E-state index in [0.717, 1.165) is 28.1 Å². The van der Waals surface area contributed by atoms with Gasteiger partial charge in [0.15, 0.2) is 9.84 Å². The molecule has 4 aliphatic carbocycles. The number of aromatic nitrogens is 2. The number of carbonyl (C=O) groups is 1. The molecule has 0 unspecified atom stereocenters. The van der Waals surface area contributed by atoms with Crippen molar-refractivity contribution in [3.05, 3.63) is 32.8 Å². The average molecular weight is 458 g/mol. The Morgan fingerprint density at radius 2 is 1.96 bits per heavy atom. The number of oxazole rings is 1. The zero-order valence-corrected chi connectivity index (χ0v) is 17.1. The van der Waals surface area contributed by atoms with Crippen molar-refractivity contribution in [3.8, 4) is 0 Å². The van der Waals surface area contributed by atoms with Crippen LogP contribution in [0.25, 0.3) is 0 Å². The molecule has 1 amide bonds. The number of rotatable bonds is 5. The van der Waals surface area contributed by atoms with E-state index in [9.17, 15) is 13.2 Å². The van der Waals surface area contributed by atoms with Crippen molar-refractivity contribution in [2.75, 3.05) is 6.26 Å². The van der Waals surface area contributed by atoms with Crippen LogP contribution in [0.5, 0.6) is 0 Å². The van der Waals surface area contributed by atoms with Crippen LogP contribution >= 0.6 is 27.3 Å². The highest BCUT2D eigenvalue weighted by molar-refractivity contribution is 9.11. The lowest BCUT2D eigenvalue weighted by Gasteiger charge is -2.69. The average Bonchev–Trinajstić information content (AvgIpc) is 2.97. The van der Waals surface area contributed by atoms with E-state index in [1.807, 2.05) is 6.20 Å². The normalized spacial score (nSPS) is 31.0. The lowest BCUT2D eigenvalue weighted by molar-refractivity contribution is -0.0812. The molecule has 2 bridgehead atoms. The van der Waals surface area contributed by atoms with Gasteiger partial charge >= 0.3 is 0 Å². The van der Waals surface area contributed by atoms with Crippen LogP contribution in [0.4, 0.5) is 0 Å². The third-order valence-electron chi connectivity index (χ3n) is 5.87. The number of sulfone groups is 1. The quantitative estimate of drug-likeness (QED) is 0.739. The van der Waals surface area contributed by atoms with Crippen molar-refractivity contribution in [1.82, 2.24) is 15.3 Å². The summed E-state index contributed by atoms with van der Waals surface area (Å²) in [6.45, 7) is 0. The van der Waals surface area contributed by atoms with Gasteiger partial charge in [0.2, 0.25) is 11.7 Å². The highest BCUT2D eigenvalue weighted by Gasteiger charge is 2.70. The molecule has 138 valence electrons. The third-order valence-corrected chi connectivity index (χ3v) is 9.60. The molecule has 2 aromatic heterocycles. The topological polar surface area (TPSA) is 102 Å². The molecule has 4 aliphatic rings. The molecule has 6 rings (SSSR count). The number of hydrogen-bond acceptors (Lipinski definition) is 7. The number of nitrogens with one attached hydrogen (secondary N) is 1. The molecule has 1 N–H and O–H groups in total. The van der Waals surface area contributed by atoms with E-state index in [1.165, 1.54) is 12.5 Å². The number of amides is 1. The molecule has 0 spiro atoms.